The Morgan fingerprint density at radius 3 is 2.73 bits per heavy atom. The molecule has 3 N–H and O–H groups in total. The van der Waals surface area contributed by atoms with Crippen molar-refractivity contribution >= 4 is 11.6 Å². The molecule has 1 aliphatic rings. The fourth-order valence-electron chi connectivity index (χ4n) is 2.55. The predicted molar refractivity (Wildman–Crippen MR) is 87.2 cm³/mol. The molecule has 1 aliphatic carbocycles. The van der Waals surface area contributed by atoms with Crippen LogP contribution in [0.2, 0.25) is 0 Å². The van der Waals surface area contributed by atoms with Gasteiger partial charge in [0.25, 0.3) is 0 Å². The van der Waals surface area contributed by atoms with Gasteiger partial charge in [0.1, 0.15) is 0 Å². The molecule has 0 atom stereocenters. The summed E-state index contributed by atoms with van der Waals surface area (Å²) in [7, 11) is 0. The molecule has 0 bridgehead atoms. The summed E-state index contributed by atoms with van der Waals surface area (Å²) in [6.07, 6.45) is -1.31. The first kappa shape index (κ1) is 18.4. The topological polar surface area (TPSA) is 94.0 Å². The molecule has 1 amide bonds. The molecule has 1 saturated carbocycles. The van der Waals surface area contributed by atoms with Crippen LogP contribution in [0.25, 0.3) is 0 Å². The van der Waals surface area contributed by atoms with Gasteiger partial charge < -0.3 is 15.6 Å². The van der Waals surface area contributed by atoms with E-state index in [0.29, 0.717) is 36.0 Å². The van der Waals surface area contributed by atoms with Gasteiger partial charge in [0, 0.05) is 31.0 Å². The zero-order chi connectivity index (χ0) is 18.7. The van der Waals surface area contributed by atoms with E-state index in [4.69, 9.17) is 10.3 Å². The second-order valence-electron chi connectivity index (χ2n) is 6.34. The maximum atomic E-state index is 12.9. The summed E-state index contributed by atoms with van der Waals surface area (Å²) in [6, 6.07) is 3.31. The summed E-state index contributed by atoms with van der Waals surface area (Å²) in [4.78, 5) is 16.3. The van der Waals surface area contributed by atoms with Crippen molar-refractivity contribution in [2.45, 2.75) is 50.7 Å². The number of halogens is 3. The molecule has 6 nitrogen and oxygen atoms in total. The van der Waals surface area contributed by atoms with Crippen LogP contribution in [0.15, 0.2) is 22.7 Å². The summed E-state index contributed by atoms with van der Waals surface area (Å²) in [5, 5.41) is 6.38. The number of nitrogens with two attached hydrogens (primary N) is 1. The Balaban J connectivity index is 1.53. The molecule has 0 saturated heterocycles. The molecule has 0 unspecified atom stereocenters. The Kier molecular flexibility index (Phi) is 5.26. The van der Waals surface area contributed by atoms with Crippen molar-refractivity contribution in [1.29, 1.82) is 0 Å². The third-order valence-electron chi connectivity index (χ3n) is 4.06. The van der Waals surface area contributed by atoms with Crippen LogP contribution in [0.1, 0.15) is 54.4 Å². The molecule has 3 rings (SSSR count). The maximum Gasteiger partial charge on any atom is 0.416 e. The van der Waals surface area contributed by atoms with E-state index < -0.39 is 11.7 Å². The number of aryl methyl sites for hydroxylation is 1. The minimum atomic E-state index is -4.50. The van der Waals surface area contributed by atoms with Crippen molar-refractivity contribution in [2.24, 2.45) is 5.73 Å². The van der Waals surface area contributed by atoms with E-state index in [0.717, 1.165) is 25.0 Å². The zero-order valence-corrected chi connectivity index (χ0v) is 14.0. The number of carbonyl (C=O) groups is 1. The molecule has 0 aliphatic heterocycles. The third-order valence-corrected chi connectivity index (χ3v) is 4.06. The van der Waals surface area contributed by atoms with E-state index in [1.165, 1.54) is 6.07 Å². The number of nitrogens with one attached hydrogen (secondary N) is 1. The van der Waals surface area contributed by atoms with Gasteiger partial charge in [0.15, 0.2) is 5.82 Å². The smallest absolute Gasteiger partial charge is 0.339 e. The third kappa shape index (κ3) is 4.81. The van der Waals surface area contributed by atoms with Crippen LogP contribution >= 0.6 is 0 Å². The molecule has 2 aromatic rings. The van der Waals surface area contributed by atoms with Crippen molar-refractivity contribution in [3.8, 4) is 0 Å². The molecule has 26 heavy (non-hydrogen) atoms. The molecule has 0 spiro atoms. The molecule has 1 aromatic carbocycles. The Labute approximate surface area is 148 Å². The monoisotopic (exact) mass is 368 g/mol. The number of benzene rings is 1. The van der Waals surface area contributed by atoms with Crippen LogP contribution in [0.3, 0.4) is 0 Å². The van der Waals surface area contributed by atoms with Crippen molar-refractivity contribution < 1.29 is 22.5 Å². The Morgan fingerprint density at radius 2 is 2.08 bits per heavy atom. The molecule has 1 aromatic heterocycles. The number of carbonyl (C=O) groups excluding carboxylic acids is 1. The van der Waals surface area contributed by atoms with Crippen molar-refractivity contribution in [2.75, 3.05) is 5.32 Å². The van der Waals surface area contributed by atoms with Gasteiger partial charge in [-0.2, -0.15) is 18.2 Å². The average molecular weight is 368 g/mol. The molecular formula is C17H19F3N4O2. The highest BCUT2D eigenvalue weighted by Crippen LogP contribution is 2.38. The van der Waals surface area contributed by atoms with Gasteiger partial charge in [-0.15, -0.1) is 0 Å². The highest BCUT2D eigenvalue weighted by molar-refractivity contribution is 5.90. The van der Waals surface area contributed by atoms with Crippen LogP contribution in [0, 0.1) is 0 Å². The summed E-state index contributed by atoms with van der Waals surface area (Å²) in [6.45, 7) is -0.0483. The van der Waals surface area contributed by atoms with Crippen LogP contribution in [0.4, 0.5) is 18.9 Å². The normalized spacial score (nSPS) is 14.5. The fraction of sp³-hybridized carbons (Fsp3) is 0.471. The lowest BCUT2D eigenvalue weighted by molar-refractivity contribution is -0.137. The highest BCUT2D eigenvalue weighted by Gasteiger charge is 2.31. The second kappa shape index (κ2) is 7.45. The van der Waals surface area contributed by atoms with Crippen molar-refractivity contribution in [1.82, 2.24) is 10.1 Å². The lowest BCUT2D eigenvalue weighted by Gasteiger charge is -2.12. The summed E-state index contributed by atoms with van der Waals surface area (Å²) in [5.41, 5.74) is 4.97. The van der Waals surface area contributed by atoms with Crippen LogP contribution in [-0.2, 0) is 23.9 Å². The summed E-state index contributed by atoms with van der Waals surface area (Å²) in [5.74, 6) is 1.20. The number of hydrogen-bond acceptors (Lipinski definition) is 5. The summed E-state index contributed by atoms with van der Waals surface area (Å²) < 4.78 is 43.8. The fourth-order valence-corrected chi connectivity index (χ4v) is 2.55. The number of alkyl halides is 3. The molecule has 9 heteroatoms. The lowest BCUT2D eigenvalue weighted by Crippen LogP contribution is -2.14. The number of hydrogen-bond donors (Lipinski definition) is 2. The number of amides is 1. The Hall–Kier alpha value is -2.42. The van der Waals surface area contributed by atoms with Gasteiger partial charge in [0.2, 0.25) is 11.8 Å². The van der Waals surface area contributed by atoms with Gasteiger partial charge in [-0.05, 0) is 43.0 Å². The second-order valence-corrected chi connectivity index (χ2v) is 6.34. The minimum absolute atomic E-state index is 0.0483. The van der Waals surface area contributed by atoms with Crippen LogP contribution in [-0.4, -0.2) is 16.0 Å². The molecule has 140 valence electrons. The predicted octanol–water partition coefficient (Wildman–Crippen LogP) is 3.39. The SMILES string of the molecule is NCc1cc(NC(=O)CCCc2nc(C3CC3)no2)cc(C(F)(F)F)c1. The molecular weight excluding hydrogens is 349 g/mol. The van der Waals surface area contributed by atoms with E-state index in [-0.39, 0.29) is 24.6 Å². The van der Waals surface area contributed by atoms with Crippen molar-refractivity contribution in [3.63, 3.8) is 0 Å². The largest absolute Gasteiger partial charge is 0.416 e. The van der Waals surface area contributed by atoms with E-state index in [1.807, 2.05) is 0 Å². The highest BCUT2D eigenvalue weighted by atomic mass is 19.4. The van der Waals surface area contributed by atoms with Gasteiger partial charge in [-0.25, -0.2) is 0 Å². The number of anilines is 1. The van der Waals surface area contributed by atoms with E-state index in [2.05, 4.69) is 15.5 Å². The molecule has 0 radical (unpaired) electrons. The molecule has 1 fully saturated rings. The Bertz CT molecular complexity index is 785. The first-order valence-corrected chi connectivity index (χ1v) is 8.38. The van der Waals surface area contributed by atoms with E-state index >= 15 is 0 Å². The first-order valence-electron chi connectivity index (χ1n) is 8.38. The molecule has 1 heterocycles. The minimum Gasteiger partial charge on any atom is -0.339 e. The summed E-state index contributed by atoms with van der Waals surface area (Å²) >= 11 is 0. The Morgan fingerprint density at radius 1 is 1.31 bits per heavy atom. The van der Waals surface area contributed by atoms with Crippen molar-refractivity contribution in [3.05, 3.63) is 41.0 Å². The quantitative estimate of drug-likeness (QED) is 0.781. The first-order chi connectivity index (χ1) is 12.3. The van der Waals surface area contributed by atoms with E-state index in [9.17, 15) is 18.0 Å². The number of nitrogens with zero attached hydrogens (tertiary/aromatic N) is 2. The van der Waals surface area contributed by atoms with Gasteiger partial charge >= 0.3 is 6.18 Å². The number of rotatable bonds is 7. The van der Waals surface area contributed by atoms with E-state index in [1.54, 1.807) is 0 Å². The van der Waals surface area contributed by atoms with Crippen LogP contribution < -0.4 is 11.1 Å². The average Bonchev–Trinajstić information content (AvgIpc) is 3.33. The van der Waals surface area contributed by atoms with Crippen LogP contribution in [0.5, 0.6) is 0 Å². The lowest BCUT2D eigenvalue weighted by atomic mass is 10.1. The number of aromatic nitrogens is 2. The van der Waals surface area contributed by atoms with Gasteiger partial charge in [-0.3, -0.25) is 4.79 Å². The standard InChI is InChI=1S/C17H19F3N4O2/c18-17(19,20)12-6-10(9-21)7-13(8-12)22-14(25)2-1-3-15-23-16(24-26-15)11-4-5-11/h6-8,11H,1-5,9,21H2,(H,22,25). The zero-order valence-electron chi connectivity index (χ0n) is 14.0. The van der Waals surface area contributed by atoms with Gasteiger partial charge in [-0.1, -0.05) is 5.16 Å². The van der Waals surface area contributed by atoms with Gasteiger partial charge in [0.05, 0.1) is 5.56 Å². The maximum absolute atomic E-state index is 12.9.